The number of rotatable bonds is 1. The second kappa shape index (κ2) is 2.61. The van der Waals surface area contributed by atoms with Crippen molar-refractivity contribution in [2.24, 2.45) is 12.2 Å². The molecular formula is C6H7N3O2. The Morgan fingerprint density at radius 1 is 1.73 bits per heavy atom. The minimum atomic E-state index is -0.817. The molecule has 0 fully saturated rings. The molecule has 1 amide bonds. The molecule has 0 saturated carbocycles. The van der Waals surface area contributed by atoms with Gasteiger partial charge in [0, 0.05) is 24.0 Å². The van der Waals surface area contributed by atoms with Crippen molar-refractivity contribution in [3.63, 3.8) is 0 Å². The van der Waals surface area contributed by atoms with Crippen molar-refractivity contribution < 1.29 is 4.79 Å². The first-order valence-electron chi connectivity index (χ1n) is 3.03. The molecular weight excluding hydrogens is 146 g/mol. The first-order valence-corrected chi connectivity index (χ1v) is 3.03. The minimum absolute atomic E-state index is 0.127. The predicted octanol–water partition coefficient (Wildman–Crippen LogP) is 0.635. The van der Waals surface area contributed by atoms with Gasteiger partial charge in [-0.15, -0.1) is 4.91 Å². The van der Waals surface area contributed by atoms with Crippen LogP contribution in [0.5, 0.6) is 0 Å². The molecule has 1 aromatic rings. The number of carbonyl (C=O) groups is 1. The number of hydrogen-bond donors (Lipinski definition) is 0. The Morgan fingerprint density at radius 2 is 2.36 bits per heavy atom. The van der Waals surface area contributed by atoms with Crippen LogP contribution in [0.1, 0.15) is 16.1 Å². The van der Waals surface area contributed by atoms with Gasteiger partial charge in [-0.1, -0.05) is 0 Å². The van der Waals surface area contributed by atoms with Crippen molar-refractivity contribution in [3.8, 4) is 0 Å². The van der Waals surface area contributed by atoms with E-state index >= 15 is 0 Å². The first-order chi connectivity index (χ1) is 5.15. The van der Waals surface area contributed by atoms with Crippen LogP contribution in [0, 0.1) is 11.8 Å². The van der Waals surface area contributed by atoms with Gasteiger partial charge in [-0.2, -0.15) is 5.10 Å². The Hall–Kier alpha value is -1.52. The van der Waals surface area contributed by atoms with Gasteiger partial charge in [0.05, 0.1) is 0 Å². The molecule has 1 aromatic heterocycles. The van der Waals surface area contributed by atoms with E-state index in [1.165, 1.54) is 4.68 Å². The number of nitroso groups, excluding NO2 is 1. The fourth-order valence-electron chi connectivity index (χ4n) is 0.862. The largest absolute Gasteiger partial charge is 0.337 e. The monoisotopic (exact) mass is 153 g/mol. The van der Waals surface area contributed by atoms with Crippen LogP contribution in [-0.2, 0) is 7.05 Å². The number of hydrogen-bond acceptors (Lipinski definition) is 3. The summed E-state index contributed by atoms with van der Waals surface area (Å²) in [6, 6.07) is 0. The summed E-state index contributed by atoms with van der Waals surface area (Å²) in [5.41, 5.74) is 0.791. The quantitative estimate of drug-likeness (QED) is 0.556. The average Bonchev–Trinajstić information content (AvgIpc) is 2.28. The molecule has 0 aliphatic heterocycles. The van der Waals surface area contributed by atoms with Gasteiger partial charge < -0.3 is 0 Å². The lowest BCUT2D eigenvalue weighted by atomic mass is 10.3. The normalized spacial score (nSPS) is 9.64. The highest BCUT2D eigenvalue weighted by atomic mass is 16.3. The maximum atomic E-state index is 10.7. The van der Waals surface area contributed by atoms with Crippen LogP contribution in [0.15, 0.2) is 11.4 Å². The molecule has 58 valence electrons. The van der Waals surface area contributed by atoms with E-state index in [1.54, 1.807) is 20.2 Å². The summed E-state index contributed by atoms with van der Waals surface area (Å²) in [5, 5.41) is 6.02. The van der Waals surface area contributed by atoms with E-state index in [9.17, 15) is 9.70 Å². The summed E-state index contributed by atoms with van der Waals surface area (Å²) >= 11 is 0. The molecule has 1 heterocycles. The molecule has 0 spiro atoms. The third kappa shape index (κ3) is 1.31. The van der Waals surface area contributed by atoms with Gasteiger partial charge in [-0.25, -0.2) is 0 Å². The number of aromatic nitrogens is 2. The van der Waals surface area contributed by atoms with Crippen molar-refractivity contribution in [2.75, 3.05) is 0 Å². The fraction of sp³-hybridized carbons (Fsp3) is 0.333. The van der Waals surface area contributed by atoms with Gasteiger partial charge in [0.1, 0.15) is 0 Å². The zero-order valence-electron chi connectivity index (χ0n) is 6.24. The Balaban J connectivity index is 3.12. The highest BCUT2D eigenvalue weighted by Gasteiger charge is 2.12. The third-order valence-corrected chi connectivity index (χ3v) is 1.30. The standard InChI is InChI=1S/C6H7N3O2/c1-4-3-9(2)7-5(4)6(10)8-11/h3H,1-2H3. The van der Waals surface area contributed by atoms with Crippen LogP contribution in [-0.4, -0.2) is 15.7 Å². The van der Waals surface area contributed by atoms with Crippen LogP contribution in [0.25, 0.3) is 0 Å². The summed E-state index contributed by atoms with van der Waals surface area (Å²) in [4.78, 5) is 20.5. The van der Waals surface area contributed by atoms with Crippen molar-refractivity contribution in [2.45, 2.75) is 6.92 Å². The summed E-state index contributed by atoms with van der Waals surface area (Å²) in [6.45, 7) is 1.70. The van der Waals surface area contributed by atoms with Gasteiger partial charge in [0.25, 0.3) is 0 Å². The summed E-state index contributed by atoms with van der Waals surface area (Å²) in [5.74, 6) is -0.817. The van der Waals surface area contributed by atoms with Crippen LogP contribution in [0.4, 0.5) is 0 Å². The number of nitrogens with zero attached hydrogens (tertiary/aromatic N) is 3. The average molecular weight is 153 g/mol. The Kier molecular flexibility index (Phi) is 1.80. The van der Waals surface area contributed by atoms with Gasteiger partial charge >= 0.3 is 5.91 Å². The summed E-state index contributed by atoms with van der Waals surface area (Å²) < 4.78 is 1.47. The molecule has 0 saturated heterocycles. The van der Waals surface area contributed by atoms with Gasteiger partial charge in [0.2, 0.25) is 0 Å². The second-order valence-corrected chi connectivity index (χ2v) is 2.23. The van der Waals surface area contributed by atoms with E-state index in [0.717, 1.165) is 0 Å². The Bertz CT molecular complexity index is 303. The van der Waals surface area contributed by atoms with Crippen LogP contribution in [0.2, 0.25) is 0 Å². The predicted molar refractivity (Wildman–Crippen MR) is 38.1 cm³/mol. The summed E-state index contributed by atoms with van der Waals surface area (Å²) in [6.07, 6.45) is 1.65. The lowest BCUT2D eigenvalue weighted by molar-refractivity contribution is 0.0995. The van der Waals surface area contributed by atoms with Gasteiger partial charge in [-0.05, 0) is 6.92 Å². The van der Waals surface area contributed by atoms with Crippen molar-refractivity contribution in [3.05, 3.63) is 22.4 Å². The van der Waals surface area contributed by atoms with Gasteiger partial charge in [-0.3, -0.25) is 9.48 Å². The molecule has 0 radical (unpaired) electrons. The van der Waals surface area contributed by atoms with Crippen LogP contribution < -0.4 is 0 Å². The molecule has 1 rings (SSSR count). The molecule has 0 N–H and O–H groups in total. The van der Waals surface area contributed by atoms with E-state index in [4.69, 9.17) is 0 Å². The molecule has 0 bridgehead atoms. The van der Waals surface area contributed by atoms with E-state index in [1.807, 2.05) is 0 Å². The zero-order chi connectivity index (χ0) is 8.43. The van der Waals surface area contributed by atoms with Gasteiger partial charge in [0.15, 0.2) is 5.69 Å². The highest BCUT2D eigenvalue weighted by Crippen LogP contribution is 2.04. The topological polar surface area (TPSA) is 64.3 Å². The lowest BCUT2D eigenvalue weighted by Gasteiger charge is -1.84. The van der Waals surface area contributed by atoms with Crippen molar-refractivity contribution in [1.29, 1.82) is 0 Å². The number of carbonyl (C=O) groups excluding carboxylic acids is 1. The number of aryl methyl sites for hydroxylation is 2. The molecule has 0 aliphatic rings. The second-order valence-electron chi connectivity index (χ2n) is 2.23. The molecule has 0 aliphatic carbocycles. The fourth-order valence-corrected chi connectivity index (χ4v) is 0.862. The van der Waals surface area contributed by atoms with Crippen molar-refractivity contribution in [1.82, 2.24) is 9.78 Å². The molecule has 0 unspecified atom stereocenters. The van der Waals surface area contributed by atoms with Crippen LogP contribution >= 0.6 is 0 Å². The molecule has 5 heteroatoms. The minimum Gasteiger partial charge on any atom is -0.275 e. The van der Waals surface area contributed by atoms with E-state index in [2.05, 4.69) is 10.3 Å². The molecule has 5 nitrogen and oxygen atoms in total. The molecule has 11 heavy (non-hydrogen) atoms. The SMILES string of the molecule is Cc1cn(C)nc1C(=O)N=O. The Labute approximate surface area is 63.0 Å². The smallest absolute Gasteiger partial charge is 0.275 e. The highest BCUT2D eigenvalue weighted by molar-refractivity contribution is 5.94. The van der Waals surface area contributed by atoms with Crippen LogP contribution in [0.3, 0.4) is 0 Å². The van der Waals surface area contributed by atoms with E-state index in [0.29, 0.717) is 5.56 Å². The molecule has 0 aromatic carbocycles. The first kappa shape index (κ1) is 7.59. The Morgan fingerprint density at radius 3 is 2.73 bits per heavy atom. The third-order valence-electron chi connectivity index (χ3n) is 1.30. The number of amides is 1. The summed E-state index contributed by atoms with van der Waals surface area (Å²) in [7, 11) is 1.68. The van der Waals surface area contributed by atoms with E-state index in [-0.39, 0.29) is 5.69 Å². The maximum Gasteiger partial charge on any atom is 0.337 e. The zero-order valence-corrected chi connectivity index (χ0v) is 6.24. The van der Waals surface area contributed by atoms with E-state index < -0.39 is 5.91 Å². The lowest BCUT2D eigenvalue weighted by Crippen LogP contribution is -1.98. The molecule has 0 atom stereocenters. The van der Waals surface area contributed by atoms with Crippen molar-refractivity contribution >= 4 is 5.91 Å². The maximum absolute atomic E-state index is 10.7.